The zero-order valence-corrected chi connectivity index (χ0v) is 23.3. The molecule has 1 aromatic heterocycles. The largest absolute Gasteiger partial charge is 0.462 e. The molecule has 40 heavy (non-hydrogen) atoms. The van der Waals surface area contributed by atoms with Crippen molar-refractivity contribution in [3.63, 3.8) is 0 Å². The van der Waals surface area contributed by atoms with Gasteiger partial charge in [0.2, 0.25) is 5.82 Å². The van der Waals surface area contributed by atoms with Crippen molar-refractivity contribution in [2.75, 3.05) is 6.61 Å². The molecule has 204 valence electrons. The highest BCUT2D eigenvalue weighted by molar-refractivity contribution is 6.32. The number of aliphatic imine (C=N–C) groups is 1. The van der Waals surface area contributed by atoms with Gasteiger partial charge in [0.15, 0.2) is 0 Å². The molecule has 0 saturated heterocycles. The molecule has 1 aliphatic rings. The van der Waals surface area contributed by atoms with Gasteiger partial charge in [0.1, 0.15) is 16.6 Å². The second-order valence-electron chi connectivity index (χ2n) is 9.48. The number of aromatic amines is 1. The summed E-state index contributed by atoms with van der Waals surface area (Å²) in [6.45, 7) is 4.74. The number of nitrogens with one attached hydrogen (secondary N) is 1. The molecule has 4 aromatic rings. The van der Waals surface area contributed by atoms with E-state index in [9.17, 15) is 4.79 Å². The lowest BCUT2D eigenvalue weighted by atomic mass is 9.94. The number of aromatic nitrogens is 4. The number of ether oxygens (including phenoxy) is 1. The van der Waals surface area contributed by atoms with Crippen LogP contribution in [0.3, 0.4) is 0 Å². The number of unbranched alkanes of at least 4 members (excludes halogenated alkanes) is 1. The third-order valence-corrected chi connectivity index (χ3v) is 7.15. The average Bonchev–Trinajstić information content (AvgIpc) is 3.53. The number of esters is 1. The SMILES string of the molecule is CCCCC1=NC(Cl)=C(C(=O)OCC)C(c2ccccc2)N1Cc1ccc(-c2ccccc2-c2nn[nH]n2)cc1. The van der Waals surface area contributed by atoms with E-state index in [2.05, 4.69) is 56.7 Å². The van der Waals surface area contributed by atoms with Gasteiger partial charge in [-0.1, -0.05) is 104 Å². The number of hydrogen-bond donors (Lipinski definition) is 1. The summed E-state index contributed by atoms with van der Waals surface area (Å²) in [5.74, 6) is 0.962. The fraction of sp³-hybridized carbons (Fsp3) is 0.258. The lowest BCUT2D eigenvalue weighted by Gasteiger charge is -2.38. The molecule has 9 heteroatoms. The molecule has 0 saturated carbocycles. The number of carbonyl (C=O) groups is 1. The molecular formula is C31H31ClN6O2. The average molecular weight is 555 g/mol. The zero-order valence-electron chi connectivity index (χ0n) is 22.5. The number of H-pyrrole nitrogens is 1. The fourth-order valence-corrected chi connectivity index (χ4v) is 5.23. The number of rotatable bonds is 10. The van der Waals surface area contributed by atoms with Gasteiger partial charge >= 0.3 is 5.97 Å². The first kappa shape index (κ1) is 27.3. The Labute approximate surface area is 238 Å². The summed E-state index contributed by atoms with van der Waals surface area (Å²) in [6, 6.07) is 25.9. The van der Waals surface area contributed by atoms with Crippen LogP contribution in [-0.4, -0.2) is 43.9 Å². The minimum atomic E-state index is -0.446. The monoisotopic (exact) mass is 554 g/mol. The molecule has 2 heterocycles. The molecule has 0 spiro atoms. The Bertz CT molecular complexity index is 1500. The number of tetrazole rings is 1. The predicted octanol–water partition coefficient (Wildman–Crippen LogP) is 6.69. The summed E-state index contributed by atoms with van der Waals surface area (Å²) >= 11 is 6.69. The summed E-state index contributed by atoms with van der Waals surface area (Å²) in [5.41, 5.74) is 5.35. The van der Waals surface area contributed by atoms with Crippen LogP contribution in [0.5, 0.6) is 0 Å². The first-order valence-electron chi connectivity index (χ1n) is 13.5. The van der Waals surface area contributed by atoms with E-state index in [1.807, 2.05) is 54.6 Å². The third kappa shape index (κ3) is 5.82. The van der Waals surface area contributed by atoms with E-state index in [4.69, 9.17) is 21.3 Å². The van der Waals surface area contributed by atoms with Gasteiger partial charge in [0, 0.05) is 18.5 Å². The number of amidine groups is 1. The summed E-state index contributed by atoms with van der Waals surface area (Å²) in [5, 5.41) is 14.7. The lowest BCUT2D eigenvalue weighted by Crippen LogP contribution is -2.40. The molecule has 8 nitrogen and oxygen atoms in total. The van der Waals surface area contributed by atoms with Crippen molar-refractivity contribution in [2.45, 2.75) is 45.7 Å². The molecule has 0 aliphatic carbocycles. The zero-order chi connectivity index (χ0) is 27.9. The van der Waals surface area contributed by atoms with Crippen molar-refractivity contribution >= 4 is 23.4 Å². The minimum Gasteiger partial charge on any atom is -0.462 e. The molecule has 1 unspecified atom stereocenters. The third-order valence-electron chi connectivity index (χ3n) is 6.86. The number of nitrogens with zero attached hydrogens (tertiary/aromatic N) is 5. The van der Waals surface area contributed by atoms with Gasteiger partial charge in [-0.2, -0.15) is 5.21 Å². The number of carbonyl (C=O) groups excluding carboxylic acids is 1. The quantitative estimate of drug-likeness (QED) is 0.173. The van der Waals surface area contributed by atoms with E-state index in [1.54, 1.807) is 6.92 Å². The van der Waals surface area contributed by atoms with Crippen LogP contribution in [-0.2, 0) is 16.1 Å². The Balaban J connectivity index is 1.51. The van der Waals surface area contributed by atoms with Crippen LogP contribution < -0.4 is 0 Å². The van der Waals surface area contributed by atoms with Crippen LogP contribution >= 0.6 is 11.6 Å². The summed E-state index contributed by atoms with van der Waals surface area (Å²) < 4.78 is 5.43. The van der Waals surface area contributed by atoms with Gasteiger partial charge in [-0.05, 0) is 40.8 Å². The number of benzene rings is 3. The van der Waals surface area contributed by atoms with E-state index in [0.717, 1.165) is 52.9 Å². The van der Waals surface area contributed by atoms with Gasteiger partial charge in [-0.15, -0.1) is 10.2 Å². The van der Waals surface area contributed by atoms with Crippen molar-refractivity contribution in [3.05, 3.63) is 101 Å². The van der Waals surface area contributed by atoms with Crippen molar-refractivity contribution in [2.24, 2.45) is 4.99 Å². The summed E-state index contributed by atoms with van der Waals surface area (Å²) in [7, 11) is 0. The maximum Gasteiger partial charge on any atom is 0.339 e. The number of hydrogen-bond acceptors (Lipinski definition) is 7. The number of halogens is 1. The van der Waals surface area contributed by atoms with Gasteiger partial charge in [-0.25, -0.2) is 9.79 Å². The minimum absolute atomic E-state index is 0.197. The molecule has 1 N–H and O–H groups in total. The van der Waals surface area contributed by atoms with E-state index in [1.165, 1.54) is 0 Å². The Kier molecular flexibility index (Phi) is 8.66. The maximum absolute atomic E-state index is 13.2. The van der Waals surface area contributed by atoms with Crippen LogP contribution in [0.15, 0.2) is 94.6 Å². The smallest absolute Gasteiger partial charge is 0.339 e. The van der Waals surface area contributed by atoms with Crippen LogP contribution in [0.2, 0.25) is 0 Å². The fourth-order valence-electron chi connectivity index (χ4n) is 4.95. The molecule has 1 aliphatic heterocycles. The Morgan fingerprint density at radius 3 is 2.38 bits per heavy atom. The van der Waals surface area contributed by atoms with Crippen LogP contribution in [0, 0.1) is 0 Å². The van der Waals surface area contributed by atoms with Crippen molar-refractivity contribution in [1.82, 2.24) is 25.5 Å². The molecular weight excluding hydrogens is 524 g/mol. The maximum atomic E-state index is 13.2. The van der Waals surface area contributed by atoms with Crippen molar-refractivity contribution < 1.29 is 9.53 Å². The Morgan fingerprint density at radius 1 is 0.975 bits per heavy atom. The molecule has 0 bridgehead atoms. The van der Waals surface area contributed by atoms with E-state index in [0.29, 0.717) is 17.9 Å². The molecule has 0 radical (unpaired) electrons. The highest BCUT2D eigenvalue weighted by Crippen LogP contribution is 2.39. The van der Waals surface area contributed by atoms with Crippen LogP contribution in [0.25, 0.3) is 22.5 Å². The molecule has 3 aromatic carbocycles. The van der Waals surface area contributed by atoms with Gasteiger partial charge in [0.25, 0.3) is 0 Å². The van der Waals surface area contributed by atoms with Crippen molar-refractivity contribution in [1.29, 1.82) is 0 Å². The highest BCUT2D eigenvalue weighted by Gasteiger charge is 2.37. The standard InChI is InChI=1S/C31H31ClN6O2/c1-3-5-15-26-33-29(32)27(31(39)40-4-2)28(23-11-7-6-8-12-23)38(26)20-21-16-18-22(19-17-21)24-13-9-10-14-25(24)30-34-36-37-35-30/h6-14,16-19,28H,3-5,15,20H2,1-2H3,(H,34,35,36,37). The van der Waals surface area contributed by atoms with E-state index in [-0.39, 0.29) is 11.8 Å². The van der Waals surface area contributed by atoms with Gasteiger partial charge in [-0.3, -0.25) is 0 Å². The first-order chi connectivity index (χ1) is 19.6. The van der Waals surface area contributed by atoms with Crippen LogP contribution in [0.4, 0.5) is 0 Å². The molecule has 0 amide bonds. The molecule has 1 atom stereocenters. The summed E-state index contributed by atoms with van der Waals surface area (Å²) in [6.07, 6.45) is 2.73. The summed E-state index contributed by atoms with van der Waals surface area (Å²) in [4.78, 5) is 20.1. The molecule has 0 fully saturated rings. The van der Waals surface area contributed by atoms with E-state index < -0.39 is 12.0 Å². The van der Waals surface area contributed by atoms with Crippen LogP contribution in [0.1, 0.15) is 50.3 Å². The molecule has 5 rings (SSSR count). The lowest BCUT2D eigenvalue weighted by molar-refractivity contribution is -0.139. The second-order valence-corrected chi connectivity index (χ2v) is 9.83. The highest BCUT2D eigenvalue weighted by atomic mass is 35.5. The van der Waals surface area contributed by atoms with Gasteiger partial charge < -0.3 is 9.64 Å². The second kappa shape index (κ2) is 12.7. The Morgan fingerprint density at radius 2 is 1.70 bits per heavy atom. The predicted molar refractivity (Wildman–Crippen MR) is 156 cm³/mol. The Hall–Kier alpha value is -4.30. The first-order valence-corrected chi connectivity index (χ1v) is 13.9. The topological polar surface area (TPSA) is 96.4 Å². The van der Waals surface area contributed by atoms with Crippen molar-refractivity contribution in [3.8, 4) is 22.5 Å². The van der Waals surface area contributed by atoms with Gasteiger partial charge in [0.05, 0.1) is 12.6 Å². The van der Waals surface area contributed by atoms with E-state index >= 15 is 0 Å². The normalized spacial score (nSPS) is 15.2.